The van der Waals surface area contributed by atoms with Crippen LogP contribution in [0.1, 0.15) is 16.7 Å². The van der Waals surface area contributed by atoms with E-state index in [1.807, 2.05) is 6.07 Å². The second kappa shape index (κ2) is 8.65. The summed E-state index contributed by atoms with van der Waals surface area (Å²) in [7, 11) is 0. The largest absolute Gasteiger partial charge is 0.493 e. The van der Waals surface area contributed by atoms with Crippen LogP contribution >= 0.6 is 0 Å². The number of halogens is 3. The maximum atomic E-state index is 13.1. The van der Waals surface area contributed by atoms with E-state index in [9.17, 15) is 18.0 Å². The highest BCUT2D eigenvalue weighted by Crippen LogP contribution is 2.34. The maximum absolute atomic E-state index is 13.1. The zero-order valence-electron chi connectivity index (χ0n) is 16.6. The number of ether oxygens (including phenoxy) is 1. The smallest absolute Gasteiger partial charge is 0.418 e. The Kier molecular flexibility index (Phi) is 5.97. The van der Waals surface area contributed by atoms with Gasteiger partial charge in [-0.3, -0.25) is 4.79 Å². The fourth-order valence-electron chi connectivity index (χ4n) is 4.21. The zero-order valence-corrected chi connectivity index (χ0v) is 16.6. The number of amides is 1. The van der Waals surface area contributed by atoms with E-state index in [1.54, 1.807) is 0 Å². The topological polar surface area (TPSA) is 47.2 Å². The van der Waals surface area contributed by atoms with Gasteiger partial charge in [-0.2, -0.15) is 13.2 Å². The molecular weight excluding hydrogens is 395 g/mol. The molecule has 1 saturated heterocycles. The summed E-state index contributed by atoms with van der Waals surface area (Å²) >= 11 is 0. The summed E-state index contributed by atoms with van der Waals surface area (Å²) in [4.78, 5) is 14.9. The Morgan fingerprint density at radius 1 is 1.03 bits per heavy atom. The van der Waals surface area contributed by atoms with E-state index in [0.29, 0.717) is 0 Å². The fraction of sp³-hybridized carbons (Fsp3) is 0.409. The van der Waals surface area contributed by atoms with E-state index < -0.39 is 11.7 Å². The van der Waals surface area contributed by atoms with Gasteiger partial charge in [0, 0.05) is 12.0 Å². The van der Waals surface area contributed by atoms with Gasteiger partial charge in [-0.25, -0.2) is 0 Å². The van der Waals surface area contributed by atoms with Crippen molar-refractivity contribution in [3.63, 3.8) is 0 Å². The zero-order chi connectivity index (χ0) is 21.1. The van der Waals surface area contributed by atoms with Crippen LogP contribution in [-0.2, 0) is 23.9 Å². The molecule has 4 rings (SSSR count). The number of piperazine rings is 1. The Balaban J connectivity index is 1.26. The summed E-state index contributed by atoms with van der Waals surface area (Å²) in [6.07, 6.45) is -3.53. The molecule has 2 aromatic rings. The van der Waals surface area contributed by atoms with Crippen molar-refractivity contribution in [1.82, 2.24) is 0 Å². The molecule has 0 aromatic heterocycles. The minimum Gasteiger partial charge on any atom is -0.493 e. The van der Waals surface area contributed by atoms with Gasteiger partial charge in [0.1, 0.15) is 38.5 Å². The van der Waals surface area contributed by atoms with E-state index in [0.717, 1.165) is 62.5 Å². The predicted octanol–water partition coefficient (Wildman–Crippen LogP) is 0.562. The van der Waals surface area contributed by atoms with Crippen molar-refractivity contribution in [3.8, 4) is 5.75 Å². The standard InChI is InChI=1S/C22H24F3N3O2/c23-22(24,25)18-3-1-2-4-19(18)26-21(29)15-28-10-8-27(9-11-28)14-16-5-6-20-17(13-16)7-12-30-20/h1-6,13H,7-12,14-15H2,(H,26,29)/p+2. The molecule has 2 aliphatic rings. The van der Waals surface area contributed by atoms with Gasteiger partial charge in [0.05, 0.1) is 17.9 Å². The molecule has 30 heavy (non-hydrogen) atoms. The number of carbonyl (C=O) groups excluding carboxylic acids is 1. The predicted molar refractivity (Wildman–Crippen MR) is 106 cm³/mol. The molecule has 0 radical (unpaired) electrons. The molecule has 0 bridgehead atoms. The lowest BCUT2D eigenvalue weighted by atomic mass is 10.1. The van der Waals surface area contributed by atoms with Gasteiger partial charge in [0.2, 0.25) is 0 Å². The molecule has 2 heterocycles. The number of benzene rings is 2. The first-order valence-corrected chi connectivity index (χ1v) is 10.3. The van der Waals surface area contributed by atoms with Crippen LogP contribution in [0.25, 0.3) is 0 Å². The van der Waals surface area contributed by atoms with Crippen molar-refractivity contribution < 1.29 is 32.5 Å². The summed E-state index contributed by atoms with van der Waals surface area (Å²) in [5.74, 6) is 0.602. The molecule has 0 spiro atoms. The molecule has 1 amide bonds. The Labute approximate surface area is 173 Å². The molecular formula is C22H26F3N3O2+2. The number of hydrogen-bond acceptors (Lipinski definition) is 2. The fourth-order valence-corrected chi connectivity index (χ4v) is 4.21. The van der Waals surface area contributed by atoms with E-state index >= 15 is 0 Å². The Hall–Kier alpha value is -2.58. The maximum Gasteiger partial charge on any atom is 0.418 e. The number of quaternary nitrogens is 2. The number of rotatable bonds is 5. The average molecular weight is 421 g/mol. The van der Waals surface area contributed by atoms with E-state index in [2.05, 4.69) is 17.4 Å². The van der Waals surface area contributed by atoms with Crippen LogP contribution in [0.15, 0.2) is 42.5 Å². The second-order valence-electron chi connectivity index (χ2n) is 7.99. The number of hydrogen-bond donors (Lipinski definition) is 3. The number of alkyl halides is 3. The summed E-state index contributed by atoms with van der Waals surface area (Å²) in [6, 6.07) is 11.5. The molecule has 0 unspecified atom stereocenters. The minimum atomic E-state index is -4.49. The highest BCUT2D eigenvalue weighted by atomic mass is 19.4. The molecule has 0 atom stereocenters. The van der Waals surface area contributed by atoms with E-state index in [4.69, 9.17) is 4.74 Å². The van der Waals surface area contributed by atoms with Crippen LogP contribution < -0.4 is 19.9 Å². The third-order valence-electron chi connectivity index (χ3n) is 5.79. The highest BCUT2D eigenvalue weighted by Gasteiger charge is 2.34. The highest BCUT2D eigenvalue weighted by molar-refractivity contribution is 5.92. The van der Waals surface area contributed by atoms with Gasteiger partial charge in [-0.1, -0.05) is 12.1 Å². The first-order chi connectivity index (χ1) is 14.4. The van der Waals surface area contributed by atoms with Gasteiger partial charge >= 0.3 is 6.18 Å². The Morgan fingerprint density at radius 3 is 2.53 bits per heavy atom. The number of anilines is 1. The van der Waals surface area contributed by atoms with Gasteiger partial charge in [0.25, 0.3) is 5.91 Å². The molecule has 2 aromatic carbocycles. The van der Waals surface area contributed by atoms with Crippen molar-refractivity contribution in [2.24, 2.45) is 0 Å². The first kappa shape index (κ1) is 20.7. The molecule has 0 saturated carbocycles. The first-order valence-electron chi connectivity index (χ1n) is 10.3. The Bertz CT molecular complexity index is 909. The van der Waals surface area contributed by atoms with Gasteiger partial charge in [0.15, 0.2) is 6.54 Å². The monoisotopic (exact) mass is 421 g/mol. The lowest BCUT2D eigenvalue weighted by Gasteiger charge is -2.29. The van der Waals surface area contributed by atoms with Crippen LogP contribution in [0.2, 0.25) is 0 Å². The molecule has 5 nitrogen and oxygen atoms in total. The van der Waals surface area contributed by atoms with E-state index in [-0.39, 0.29) is 18.1 Å². The van der Waals surface area contributed by atoms with Crippen molar-refractivity contribution >= 4 is 11.6 Å². The third kappa shape index (κ3) is 4.94. The molecule has 160 valence electrons. The SMILES string of the molecule is O=C(C[NH+]1CC[NH+](Cc2ccc3c(c2)CCO3)CC1)Nc1ccccc1C(F)(F)F. The molecule has 3 N–H and O–H groups in total. The van der Waals surface area contributed by atoms with Crippen molar-refractivity contribution in [3.05, 3.63) is 59.2 Å². The van der Waals surface area contributed by atoms with Crippen LogP contribution in [0.4, 0.5) is 18.9 Å². The van der Waals surface area contributed by atoms with Crippen LogP contribution in [0, 0.1) is 0 Å². The average Bonchev–Trinajstić information content (AvgIpc) is 3.17. The quantitative estimate of drug-likeness (QED) is 0.661. The number of carbonyl (C=O) groups is 1. The van der Waals surface area contributed by atoms with Crippen molar-refractivity contribution in [2.45, 2.75) is 19.1 Å². The molecule has 2 aliphatic heterocycles. The van der Waals surface area contributed by atoms with Crippen molar-refractivity contribution in [1.29, 1.82) is 0 Å². The van der Waals surface area contributed by atoms with E-state index in [1.165, 1.54) is 34.2 Å². The lowest BCUT2D eigenvalue weighted by Crippen LogP contribution is -3.28. The van der Waals surface area contributed by atoms with Crippen LogP contribution in [-0.4, -0.2) is 45.2 Å². The van der Waals surface area contributed by atoms with Gasteiger partial charge in [-0.15, -0.1) is 0 Å². The molecule has 8 heteroatoms. The lowest BCUT2D eigenvalue weighted by molar-refractivity contribution is -1.02. The van der Waals surface area contributed by atoms with Crippen LogP contribution in [0.5, 0.6) is 5.75 Å². The summed E-state index contributed by atoms with van der Waals surface area (Å²) < 4.78 is 44.8. The molecule has 1 fully saturated rings. The minimum absolute atomic E-state index is 0.176. The van der Waals surface area contributed by atoms with Crippen molar-refractivity contribution in [2.75, 3.05) is 44.6 Å². The van der Waals surface area contributed by atoms with Gasteiger partial charge < -0.3 is 19.9 Å². The van der Waals surface area contributed by atoms with Gasteiger partial charge in [-0.05, 0) is 35.9 Å². The van der Waals surface area contributed by atoms with Crippen LogP contribution in [0.3, 0.4) is 0 Å². The number of fused-ring (bicyclic) bond motifs is 1. The normalized spacial score (nSPS) is 21.0. The second-order valence-corrected chi connectivity index (χ2v) is 7.99. The summed E-state index contributed by atoms with van der Waals surface area (Å²) in [6.45, 7) is 5.35. The number of nitrogens with one attached hydrogen (secondary N) is 3. The third-order valence-corrected chi connectivity index (χ3v) is 5.79. The molecule has 0 aliphatic carbocycles. The Morgan fingerprint density at radius 2 is 1.77 bits per heavy atom. The summed E-state index contributed by atoms with van der Waals surface area (Å²) in [5.41, 5.74) is 1.56. The number of para-hydroxylation sites is 1. The summed E-state index contributed by atoms with van der Waals surface area (Å²) in [5, 5.41) is 2.44.